The maximum absolute atomic E-state index is 12.5. The van der Waals surface area contributed by atoms with Crippen LogP contribution in [0.1, 0.15) is 18.2 Å². The summed E-state index contributed by atoms with van der Waals surface area (Å²) in [5.41, 5.74) is 2.21. The first-order valence-corrected chi connectivity index (χ1v) is 9.51. The number of hydrogen-bond acceptors (Lipinski definition) is 4. The highest BCUT2D eigenvalue weighted by atomic mass is 16.5. The van der Waals surface area contributed by atoms with E-state index in [1.54, 1.807) is 0 Å². The van der Waals surface area contributed by atoms with Crippen molar-refractivity contribution in [2.24, 2.45) is 0 Å². The van der Waals surface area contributed by atoms with Gasteiger partial charge in [-0.3, -0.25) is 0 Å². The van der Waals surface area contributed by atoms with Crippen molar-refractivity contribution in [3.05, 3.63) is 59.8 Å². The van der Waals surface area contributed by atoms with Gasteiger partial charge in [0.1, 0.15) is 5.82 Å². The SMILES string of the molecule is CC1(c2ccccc2)CN(C(=O)NCc2cccc(N3CCOCC3)n2)C1. The minimum Gasteiger partial charge on any atom is -0.378 e. The number of morpholine rings is 1. The molecule has 2 fully saturated rings. The molecule has 0 atom stereocenters. The predicted molar refractivity (Wildman–Crippen MR) is 105 cm³/mol. The Bertz CT molecular complexity index is 784. The van der Waals surface area contributed by atoms with Crippen molar-refractivity contribution in [1.29, 1.82) is 0 Å². The van der Waals surface area contributed by atoms with Crippen LogP contribution in [0.25, 0.3) is 0 Å². The average molecular weight is 366 g/mol. The average Bonchev–Trinajstić information content (AvgIpc) is 2.71. The van der Waals surface area contributed by atoms with Gasteiger partial charge >= 0.3 is 6.03 Å². The van der Waals surface area contributed by atoms with Gasteiger partial charge in [0.05, 0.1) is 25.5 Å². The fourth-order valence-corrected chi connectivity index (χ4v) is 3.77. The molecule has 3 heterocycles. The van der Waals surface area contributed by atoms with Gasteiger partial charge in [0.15, 0.2) is 0 Å². The summed E-state index contributed by atoms with van der Waals surface area (Å²) in [7, 11) is 0. The Balaban J connectivity index is 1.30. The molecular weight excluding hydrogens is 340 g/mol. The van der Waals surface area contributed by atoms with Crippen molar-refractivity contribution >= 4 is 11.8 Å². The van der Waals surface area contributed by atoms with Crippen molar-refractivity contribution in [2.75, 3.05) is 44.3 Å². The molecule has 2 aliphatic rings. The van der Waals surface area contributed by atoms with Crippen LogP contribution < -0.4 is 10.2 Å². The lowest BCUT2D eigenvalue weighted by Gasteiger charge is -2.48. The molecule has 6 heteroatoms. The van der Waals surface area contributed by atoms with Crippen molar-refractivity contribution in [3.8, 4) is 0 Å². The van der Waals surface area contributed by atoms with E-state index in [2.05, 4.69) is 46.4 Å². The smallest absolute Gasteiger partial charge is 0.317 e. The maximum Gasteiger partial charge on any atom is 0.317 e. The quantitative estimate of drug-likeness (QED) is 0.903. The highest BCUT2D eigenvalue weighted by Gasteiger charge is 2.42. The highest BCUT2D eigenvalue weighted by molar-refractivity contribution is 5.75. The monoisotopic (exact) mass is 366 g/mol. The molecule has 0 bridgehead atoms. The fraction of sp³-hybridized carbons (Fsp3) is 0.429. The number of amides is 2. The number of nitrogens with one attached hydrogen (secondary N) is 1. The Labute approximate surface area is 160 Å². The van der Waals surface area contributed by atoms with Crippen LogP contribution >= 0.6 is 0 Å². The zero-order valence-electron chi connectivity index (χ0n) is 15.7. The van der Waals surface area contributed by atoms with Gasteiger partial charge in [0.2, 0.25) is 0 Å². The van der Waals surface area contributed by atoms with E-state index in [1.165, 1.54) is 5.56 Å². The summed E-state index contributed by atoms with van der Waals surface area (Å²) in [5, 5.41) is 3.00. The Morgan fingerprint density at radius 1 is 1.11 bits per heavy atom. The van der Waals surface area contributed by atoms with E-state index in [0.717, 1.165) is 50.9 Å². The van der Waals surface area contributed by atoms with E-state index in [4.69, 9.17) is 4.74 Å². The summed E-state index contributed by atoms with van der Waals surface area (Å²) in [4.78, 5) is 21.2. The van der Waals surface area contributed by atoms with Crippen LogP contribution in [0.5, 0.6) is 0 Å². The summed E-state index contributed by atoms with van der Waals surface area (Å²) >= 11 is 0. The Kier molecular flexibility index (Phi) is 4.99. The largest absolute Gasteiger partial charge is 0.378 e. The van der Waals surface area contributed by atoms with Crippen molar-refractivity contribution in [1.82, 2.24) is 15.2 Å². The molecule has 2 aromatic rings. The van der Waals surface area contributed by atoms with Gasteiger partial charge in [-0.1, -0.05) is 43.3 Å². The normalized spacial score (nSPS) is 18.7. The highest BCUT2D eigenvalue weighted by Crippen LogP contribution is 2.33. The van der Waals surface area contributed by atoms with E-state index < -0.39 is 0 Å². The molecule has 142 valence electrons. The molecule has 0 saturated carbocycles. The standard InChI is InChI=1S/C21H26N4O2/c1-21(17-6-3-2-4-7-17)15-25(16-21)20(26)22-14-18-8-5-9-19(23-18)24-10-12-27-13-11-24/h2-9H,10-16H2,1H3,(H,22,26). The lowest BCUT2D eigenvalue weighted by Crippen LogP contribution is -2.61. The summed E-state index contributed by atoms with van der Waals surface area (Å²) in [6, 6.07) is 16.3. The first kappa shape index (κ1) is 17.8. The molecule has 6 nitrogen and oxygen atoms in total. The number of pyridine rings is 1. The predicted octanol–water partition coefficient (Wildman–Crippen LogP) is 2.40. The van der Waals surface area contributed by atoms with Crippen LogP contribution in [0, 0.1) is 0 Å². The van der Waals surface area contributed by atoms with E-state index in [9.17, 15) is 4.79 Å². The molecule has 0 radical (unpaired) electrons. The third-order valence-corrected chi connectivity index (χ3v) is 5.39. The molecule has 0 unspecified atom stereocenters. The summed E-state index contributed by atoms with van der Waals surface area (Å²) < 4.78 is 5.39. The molecule has 2 saturated heterocycles. The molecule has 1 aromatic carbocycles. The topological polar surface area (TPSA) is 57.7 Å². The van der Waals surface area contributed by atoms with Crippen LogP contribution in [0.4, 0.5) is 10.6 Å². The number of likely N-dealkylation sites (tertiary alicyclic amines) is 1. The van der Waals surface area contributed by atoms with Crippen LogP contribution in [-0.2, 0) is 16.7 Å². The van der Waals surface area contributed by atoms with Gasteiger partial charge in [-0.2, -0.15) is 0 Å². The molecule has 4 rings (SSSR count). The fourth-order valence-electron chi connectivity index (χ4n) is 3.77. The minimum atomic E-state index is -0.0259. The van der Waals surface area contributed by atoms with E-state index in [-0.39, 0.29) is 11.4 Å². The first-order chi connectivity index (χ1) is 13.1. The lowest BCUT2D eigenvalue weighted by atomic mass is 9.76. The van der Waals surface area contributed by atoms with Crippen molar-refractivity contribution in [2.45, 2.75) is 18.9 Å². The van der Waals surface area contributed by atoms with E-state index in [1.807, 2.05) is 29.2 Å². The number of anilines is 1. The van der Waals surface area contributed by atoms with Gasteiger partial charge < -0.3 is 19.9 Å². The van der Waals surface area contributed by atoms with Crippen molar-refractivity contribution < 1.29 is 9.53 Å². The maximum atomic E-state index is 12.5. The second-order valence-electron chi connectivity index (χ2n) is 7.53. The third-order valence-electron chi connectivity index (χ3n) is 5.39. The number of urea groups is 1. The molecule has 2 amide bonds. The molecule has 0 aliphatic carbocycles. The van der Waals surface area contributed by atoms with Crippen molar-refractivity contribution in [3.63, 3.8) is 0 Å². The Morgan fingerprint density at radius 2 is 1.85 bits per heavy atom. The molecular formula is C21H26N4O2. The van der Waals surface area contributed by atoms with E-state index in [0.29, 0.717) is 6.54 Å². The van der Waals surface area contributed by atoms with Crippen LogP contribution in [0.3, 0.4) is 0 Å². The van der Waals surface area contributed by atoms with Crippen LogP contribution in [-0.4, -0.2) is 55.3 Å². The second kappa shape index (κ2) is 7.56. The van der Waals surface area contributed by atoms with Crippen LogP contribution in [0.2, 0.25) is 0 Å². The minimum absolute atomic E-state index is 0.0259. The summed E-state index contributed by atoms with van der Waals surface area (Å²) in [6.45, 7) is 7.31. The number of nitrogens with zero attached hydrogens (tertiary/aromatic N) is 3. The lowest BCUT2D eigenvalue weighted by molar-refractivity contribution is 0.103. The van der Waals surface area contributed by atoms with Gasteiger partial charge in [-0.25, -0.2) is 9.78 Å². The zero-order chi connectivity index (χ0) is 18.7. The number of benzene rings is 1. The summed E-state index contributed by atoms with van der Waals surface area (Å²) in [6.07, 6.45) is 0. The molecule has 27 heavy (non-hydrogen) atoms. The third kappa shape index (κ3) is 3.90. The zero-order valence-corrected chi connectivity index (χ0v) is 15.7. The number of carbonyl (C=O) groups is 1. The van der Waals surface area contributed by atoms with Crippen LogP contribution in [0.15, 0.2) is 48.5 Å². The van der Waals surface area contributed by atoms with E-state index >= 15 is 0 Å². The number of aromatic nitrogens is 1. The van der Waals surface area contributed by atoms with Gasteiger partial charge in [0, 0.05) is 31.6 Å². The summed E-state index contributed by atoms with van der Waals surface area (Å²) in [5.74, 6) is 0.950. The Hall–Kier alpha value is -2.60. The Morgan fingerprint density at radius 3 is 2.59 bits per heavy atom. The number of hydrogen-bond donors (Lipinski definition) is 1. The number of ether oxygens (including phenoxy) is 1. The first-order valence-electron chi connectivity index (χ1n) is 9.51. The molecule has 2 aliphatic heterocycles. The number of carbonyl (C=O) groups excluding carboxylic acids is 1. The molecule has 0 spiro atoms. The second-order valence-corrected chi connectivity index (χ2v) is 7.53. The van der Waals surface area contributed by atoms with Gasteiger partial charge in [0.25, 0.3) is 0 Å². The van der Waals surface area contributed by atoms with Gasteiger partial charge in [-0.15, -0.1) is 0 Å². The molecule has 1 N–H and O–H groups in total. The number of rotatable bonds is 4. The van der Waals surface area contributed by atoms with Gasteiger partial charge in [-0.05, 0) is 17.7 Å². The molecule has 1 aromatic heterocycles.